The lowest BCUT2D eigenvalue weighted by Gasteiger charge is -2.40. The van der Waals surface area contributed by atoms with Crippen molar-refractivity contribution in [3.05, 3.63) is 0 Å². The Hall–Kier alpha value is -0.320. The van der Waals surface area contributed by atoms with E-state index in [0.29, 0.717) is 25.2 Å². The number of aliphatic hydroxyl groups excluding tert-OH is 5. The van der Waals surface area contributed by atoms with Crippen molar-refractivity contribution in [2.24, 2.45) is 29.6 Å². The topological polar surface area (TPSA) is 129 Å². The summed E-state index contributed by atoms with van der Waals surface area (Å²) < 4.78 is 17.7. The summed E-state index contributed by atoms with van der Waals surface area (Å²) in [7, 11) is 1.49. The summed E-state index contributed by atoms with van der Waals surface area (Å²) >= 11 is 0. The lowest BCUT2D eigenvalue weighted by Crippen LogP contribution is -2.49. The number of methoxy groups -OCH3 is 1. The fourth-order valence-electron chi connectivity index (χ4n) is 5.36. The lowest BCUT2D eigenvalue weighted by atomic mass is 9.81. The molecule has 0 aromatic heterocycles. The predicted molar refractivity (Wildman–Crippen MR) is 147 cm³/mol. The molecule has 0 spiro atoms. The molecule has 10 unspecified atom stereocenters. The van der Waals surface area contributed by atoms with Gasteiger partial charge in [0.25, 0.3) is 0 Å². The zero-order valence-electron chi connectivity index (χ0n) is 25.4. The van der Waals surface area contributed by atoms with Crippen molar-refractivity contribution in [3.8, 4) is 0 Å². The van der Waals surface area contributed by atoms with Crippen LogP contribution in [0.4, 0.5) is 0 Å². The maximum atomic E-state index is 11.2. The second-order valence-electron chi connectivity index (χ2n) is 11.8. The van der Waals surface area contributed by atoms with Gasteiger partial charge in [-0.05, 0) is 44.4 Å². The molecular formula is C29H60O8. The van der Waals surface area contributed by atoms with Gasteiger partial charge in [-0.3, -0.25) is 0 Å². The smallest absolute Gasteiger partial charge is 0.159 e. The zero-order chi connectivity index (χ0) is 29.1. The SMILES string of the molecule is CCC(O)C(C)C(CC)OC(O)C(C)C(O[C@@H](O)CC(C)(OC)[C@H](O)CC)C(C)C(O)C(C)CC(C)C. The Balaban J connectivity index is 5.91. The van der Waals surface area contributed by atoms with Crippen LogP contribution in [0.25, 0.3) is 0 Å². The van der Waals surface area contributed by atoms with E-state index in [4.69, 9.17) is 14.2 Å². The summed E-state index contributed by atoms with van der Waals surface area (Å²) in [6.07, 6.45) is -3.25. The van der Waals surface area contributed by atoms with Gasteiger partial charge in [-0.2, -0.15) is 0 Å². The summed E-state index contributed by atoms with van der Waals surface area (Å²) in [4.78, 5) is 0. The molecule has 224 valence electrons. The van der Waals surface area contributed by atoms with Crippen LogP contribution < -0.4 is 0 Å². The summed E-state index contributed by atoms with van der Waals surface area (Å²) in [6, 6.07) is 0. The summed E-state index contributed by atoms with van der Waals surface area (Å²) in [5, 5.41) is 54.0. The number of rotatable bonds is 20. The highest BCUT2D eigenvalue weighted by atomic mass is 16.6. The highest BCUT2D eigenvalue weighted by Crippen LogP contribution is 2.33. The fourth-order valence-corrected chi connectivity index (χ4v) is 5.36. The first kappa shape index (κ1) is 36.7. The third-order valence-electron chi connectivity index (χ3n) is 8.23. The summed E-state index contributed by atoms with van der Waals surface area (Å²) in [5.74, 6) is -0.815. The number of hydrogen-bond donors (Lipinski definition) is 5. The van der Waals surface area contributed by atoms with E-state index in [-0.39, 0.29) is 24.4 Å². The Morgan fingerprint density at radius 2 is 1.30 bits per heavy atom. The Morgan fingerprint density at radius 3 is 1.73 bits per heavy atom. The maximum absolute atomic E-state index is 11.2. The molecule has 8 nitrogen and oxygen atoms in total. The maximum Gasteiger partial charge on any atom is 0.159 e. The fraction of sp³-hybridized carbons (Fsp3) is 1.00. The van der Waals surface area contributed by atoms with Gasteiger partial charge in [0.15, 0.2) is 12.6 Å². The third-order valence-corrected chi connectivity index (χ3v) is 8.23. The monoisotopic (exact) mass is 536 g/mol. The minimum Gasteiger partial charge on any atom is -0.393 e. The normalized spacial score (nSPS) is 23.3. The number of hydrogen-bond acceptors (Lipinski definition) is 8. The molecule has 0 heterocycles. The van der Waals surface area contributed by atoms with Gasteiger partial charge in [-0.1, -0.05) is 62.3 Å². The summed E-state index contributed by atoms with van der Waals surface area (Å²) in [6.45, 7) is 19.2. The first-order valence-corrected chi connectivity index (χ1v) is 14.4. The molecule has 5 N–H and O–H groups in total. The first-order chi connectivity index (χ1) is 17.1. The van der Waals surface area contributed by atoms with Crippen molar-refractivity contribution in [1.29, 1.82) is 0 Å². The van der Waals surface area contributed by atoms with Crippen molar-refractivity contribution in [1.82, 2.24) is 0 Å². The van der Waals surface area contributed by atoms with E-state index in [9.17, 15) is 25.5 Å². The van der Waals surface area contributed by atoms with E-state index in [1.807, 2.05) is 41.5 Å². The molecule has 0 amide bonds. The second-order valence-corrected chi connectivity index (χ2v) is 11.8. The van der Waals surface area contributed by atoms with Crippen LogP contribution in [0.5, 0.6) is 0 Å². The van der Waals surface area contributed by atoms with Crippen molar-refractivity contribution in [2.45, 2.75) is 150 Å². The van der Waals surface area contributed by atoms with Crippen LogP contribution in [0.15, 0.2) is 0 Å². The van der Waals surface area contributed by atoms with Crippen LogP contribution in [0.3, 0.4) is 0 Å². The van der Waals surface area contributed by atoms with Crippen molar-refractivity contribution >= 4 is 0 Å². The molecule has 0 fully saturated rings. The molecule has 0 aliphatic rings. The lowest BCUT2D eigenvalue weighted by molar-refractivity contribution is -0.250. The van der Waals surface area contributed by atoms with E-state index in [2.05, 4.69) is 13.8 Å². The van der Waals surface area contributed by atoms with Crippen LogP contribution in [0, 0.1) is 29.6 Å². The van der Waals surface area contributed by atoms with Gasteiger partial charge in [0.05, 0.1) is 36.1 Å². The van der Waals surface area contributed by atoms with Gasteiger partial charge < -0.3 is 39.7 Å². The molecule has 0 aliphatic carbocycles. The van der Waals surface area contributed by atoms with Crippen LogP contribution in [-0.4, -0.2) is 81.3 Å². The van der Waals surface area contributed by atoms with E-state index in [0.717, 1.165) is 6.42 Å². The molecule has 12 atom stereocenters. The van der Waals surface area contributed by atoms with Gasteiger partial charge in [-0.25, -0.2) is 0 Å². The molecule has 0 bridgehead atoms. The van der Waals surface area contributed by atoms with Gasteiger partial charge in [0.2, 0.25) is 0 Å². The molecule has 37 heavy (non-hydrogen) atoms. The van der Waals surface area contributed by atoms with Gasteiger partial charge in [0.1, 0.15) is 0 Å². The minimum atomic E-state index is -1.30. The number of aliphatic hydroxyl groups is 5. The molecular weight excluding hydrogens is 476 g/mol. The molecule has 0 saturated heterocycles. The van der Waals surface area contributed by atoms with Crippen molar-refractivity contribution in [3.63, 3.8) is 0 Å². The van der Waals surface area contributed by atoms with E-state index in [1.165, 1.54) is 7.11 Å². The molecule has 0 aliphatic heterocycles. The van der Waals surface area contributed by atoms with Gasteiger partial charge in [-0.15, -0.1) is 0 Å². The molecule has 0 saturated carbocycles. The third kappa shape index (κ3) is 11.4. The van der Waals surface area contributed by atoms with Crippen LogP contribution in [-0.2, 0) is 14.2 Å². The average molecular weight is 537 g/mol. The van der Waals surface area contributed by atoms with Crippen LogP contribution in [0.1, 0.15) is 101 Å². The van der Waals surface area contributed by atoms with E-state index in [1.54, 1.807) is 13.8 Å². The molecule has 0 aromatic carbocycles. The van der Waals surface area contributed by atoms with Crippen LogP contribution in [0.2, 0.25) is 0 Å². The highest BCUT2D eigenvalue weighted by Gasteiger charge is 2.41. The molecule has 8 heteroatoms. The Bertz CT molecular complexity index is 590. The largest absolute Gasteiger partial charge is 0.393 e. The number of ether oxygens (including phenoxy) is 3. The average Bonchev–Trinajstić information content (AvgIpc) is 2.86. The molecule has 0 rings (SSSR count). The van der Waals surface area contributed by atoms with Crippen molar-refractivity contribution in [2.75, 3.05) is 7.11 Å². The molecule has 0 aromatic rings. The highest BCUT2D eigenvalue weighted by molar-refractivity contribution is 4.87. The zero-order valence-corrected chi connectivity index (χ0v) is 25.4. The summed E-state index contributed by atoms with van der Waals surface area (Å²) in [5.41, 5.74) is -1.02. The van der Waals surface area contributed by atoms with E-state index < -0.39 is 54.4 Å². The quantitative estimate of drug-likeness (QED) is 0.147. The Kier molecular flexibility index (Phi) is 17.2. The van der Waals surface area contributed by atoms with Gasteiger partial charge in [0, 0.05) is 31.3 Å². The predicted octanol–water partition coefficient (Wildman–Crippen LogP) is 4.09. The van der Waals surface area contributed by atoms with Crippen LogP contribution >= 0.6 is 0 Å². The second kappa shape index (κ2) is 17.4. The standard InChI is InChI=1S/C29H60O8/c1-12-22(30)19(7)23(13-2)36-28(34)21(9)27(20(8)26(33)18(6)15-17(4)5)37-25(32)16-29(10,35-11)24(31)14-3/h17-28,30-34H,12-16H2,1-11H3/t18?,19?,20?,21?,22?,23?,24-,25-,26?,27?,28?,29?/m1/s1. The van der Waals surface area contributed by atoms with Crippen molar-refractivity contribution < 1.29 is 39.7 Å². The minimum absolute atomic E-state index is 0.0142. The first-order valence-electron chi connectivity index (χ1n) is 14.4. The van der Waals surface area contributed by atoms with E-state index >= 15 is 0 Å². The van der Waals surface area contributed by atoms with Gasteiger partial charge >= 0.3 is 0 Å². The Morgan fingerprint density at radius 1 is 0.730 bits per heavy atom. The molecule has 0 radical (unpaired) electrons. The Labute approximate surface area is 226 Å².